The molecule has 0 bridgehead atoms. The first-order valence-corrected chi connectivity index (χ1v) is 9.38. The fourth-order valence-corrected chi connectivity index (χ4v) is 6.30. The summed E-state index contributed by atoms with van der Waals surface area (Å²) < 4.78 is 34.4. The van der Waals surface area contributed by atoms with E-state index in [1.54, 1.807) is 4.90 Å². The van der Waals surface area contributed by atoms with Crippen LogP contribution in [0.2, 0.25) is 0 Å². The Morgan fingerprint density at radius 2 is 2.09 bits per heavy atom. The Hall–Kier alpha value is -0.730. The van der Waals surface area contributed by atoms with Crippen molar-refractivity contribution in [3.8, 4) is 0 Å². The molecule has 1 aromatic rings. The fraction of sp³-hybridized carbons (Fsp3) is 0.667. The molecule has 1 N–H and O–H groups in total. The molecule has 4 heterocycles. The number of rotatable bonds is 1. The number of thiophene rings is 1. The summed E-state index contributed by atoms with van der Waals surface area (Å²) in [4.78, 5) is 14.9. The molecule has 4 aliphatic rings. The third-order valence-corrected chi connectivity index (χ3v) is 7.50. The minimum Gasteiger partial charge on any atom is -0.381 e. The van der Waals surface area contributed by atoms with Gasteiger partial charge in [0.1, 0.15) is 4.88 Å². The topological polar surface area (TPSA) is 41.6 Å². The minimum atomic E-state index is -2.76. The Balaban J connectivity index is 1.53. The van der Waals surface area contributed by atoms with Crippen LogP contribution in [0.3, 0.4) is 0 Å². The Labute approximate surface area is 144 Å². The molecule has 8 heteroatoms. The molecule has 2 unspecified atom stereocenters. The van der Waals surface area contributed by atoms with Crippen LogP contribution >= 0.6 is 27.3 Å². The summed E-state index contributed by atoms with van der Waals surface area (Å²) in [5, 5.41) is 3.09. The fourth-order valence-electron chi connectivity index (χ4n) is 4.52. The summed E-state index contributed by atoms with van der Waals surface area (Å²) in [6.45, 7) is 1.62. The second-order valence-corrected chi connectivity index (χ2v) is 9.31. The molecular weight excluding hydrogens is 390 g/mol. The van der Waals surface area contributed by atoms with Crippen molar-refractivity contribution >= 4 is 38.9 Å². The van der Waals surface area contributed by atoms with Gasteiger partial charge in [0.05, 0.1) is 35.3 Å². The van der Waals surface area contributed by atoms with Gasteiger partial charge in [-0.2, -0.15) is 0 Å². The van der Waals surface area contributed by atoms with E-state index < -0.39 is 5.92 Å². The Kier molecular flexibility index (Phi) is 2.96. The number of ether oxygens (including phenoxy) is 1. The zero-order valence-electron chi connectivity index (χ0n) is 12.2. The van der Waals surface area contributed by atoms with Crippen LogP contribution in [0.5, 0.6) is 0 Å². The summed E-state index contributed by atoms with van der Waals surface area (Å²) in [7, 11) is 0. The molecule has 4 nitrogen and oxygen atoms in total. The molecule has 1 aliphatic carbocycles. The van der Waals surface area contributed by atoms with Gasteiger partial charge in [-0.15, -0.1) is 11.3 Å². The second-order valence-electron chi connectivity index (χ2n) is 6.97. The summed E-state index contributed by atoms with van der Waals surface area (Å²) in [5.74, 6) is -1.56. The molecule has 4 atom stereocenters. The molecule has 23 heavy (non-hydrogen) atoms. The normalized spacial score (nSPS) is 37.0. The lowest BCUT2D eigenvalue weighted by atomic mass is 10.0. The van der Waals surface area contributed by atoms with Crippen LogP contribution in [0.1, 0.15) is 15.2 Å². The van der Waals surface area contributed by atoms with Gasteiger partial charge in [-0.1, -0.05) is 0 Å². The van der Waals surface area contributed by atoms with Gasteiger partial charge in [0.15, 0.2) is 0 Å². The lowest BCUT2D eigenvalue weighted by molar-refractivity contribution is 0.00494. The molecule has 124 valence electrons. The maximum atomic E-state index is 14.2. The van der Waals surface area contributed by atoms with Gasteiger partial charge >= 0.3 is 0 Å². The molecule has 2 fully saturated rings. The smallest absolute Gasteiger partial charge is 0.269 e. The van der Waals surface area contributed by atoms with Crippen LogP contribution in [0.15, 0.2) is 3.79 Å². The number of anilines is 1. The van der Waals surface area contributed by atoms with Gasteiger partial charge in [-0.25, -0.2) is 8.78 Å². The Morgan fingerprint density at radius 1 is 1.35 bits per heavy atom. The molecule has 0 radical (unpaired) electrons. The number of nitrogens with zero attached hydrogens (tertiary/aromatic N) is 1. The van der Waals surface area contributed by atoms with E-state index in [9.17, 15) is 13.6 Å². The highest BCUT2D eigenvalue weighted by Gasteiger charge is 2.59. The van der Waals surface area contributed by atoms with E-state index in [0.717, 1.165) is 18.9 Å². The number of hydrogen-bond acceptors (Lipinski definition) is 4. The van der Waals surface area contributed by atoms with Gasteiger partial charge in [0, 0.05) is 18.5 Å². The maximum absolute atomic E-state index is 14.2. The molecule has 1 amide bonds. The van der Waals surface area contributed by atoms with Crippen LogP contribution in [-0.2, 0) is 11.2 Å². The Morgan fingerprint density at radius 3 is 2.83 bits per heavy atom. The van der Waals surface area contributed by atoms with Gasteiger partial charge in [-0.3, -0.25) is 4.79 Å². The van der Waals surface area contributed by atoms with Gasteiger partial charge in [-0.05, 0) is 33.7 Å². The molecule has 1 aromatic heterocycles. The predicted octanol–water partition coefficient (Wildman–Crippen LogP) is 2.51. The van der Waals surface area contributed by atoms with Crippen molar-refractivity contribution in [2.24, 2.45) is 17.8 Å². The van der Waals surface area contributed by atoms with Crippen LogP contribution in [0.4, 0.5) is 14.5 Å². The molecule has 0 spiro atoms. The van der Waals surface area contributed by atoms with E-state index in [1.807, 2.05) is 0 Å². The third kappa shape index (κ3) is 2.10. The van der Waals surface area contributed by atoms with E-state index in [0.29, 0.717) is 38.5 Å². The van der Waals surface area contributed by atoms with Crippen LogP contribution in [-0.4, -0.2) is 44.2 Å². The van der Waals surface area contributed by atoms with E-state index in [4.69, 9.17) is 4.74 Å². The number of amides is 1. The number of halogens is 3. The SMILES string of the molecule is O=C1NC(C2[C@H]3COC[C@@H]23)CN2CC(F)(F)Cc3c(Br)sc1c32. The first-order chi connectivity index (χ1) is 10.9. The average molecular weight is 405 g/mol. The van der Waals surface area contributed by atoms with Crippen molar-refractivity contribution in [3.05, 3.63) is 14.2 Å². The van der Waals surface area contributed by atoms with Crippen molar-refractivity contribution in [2.75, 3.05) is 31.2 Å². The van der Waals surface area contributed by atoms with Crippen molar-refractivity contribution in [2.45, 2.75) is 18.4 Å². The quantitative estimate of drug-likeness (QED) is 0.781. The molecule has 0 aromatic carbocycles. The first kappa shape index (κ1) is 14.6. The number of carbonyl (C=O) groups excluding carboxylic acids is 1. The molecule has 5 rings (SSSR count). The standard InChI is InChI=1S/C15H15BrF2N2O2S/c16-13-6-1-15(17,18)5-20-2-9(10-7-3-22-4-8(7)10)19-14(21)12(23-13)11(6)20/h7-10H,1-5H2,(H,19,21)/t7-,8+,9?,10?. The molecule has 1 saturated heterocycles. The maximum Gasteiger partial charge on any atom is 0.269 e. The van der Waals surface area contributed by atoms with Gasteiger partial charge < -0.3 is 15.0 Å². The van der Waals surface area contributed by atoms with Crippen molar-refractivity contribution < 1.29 is 18.3 Å². The number of nitrogens with one attached hydrogen (secondary N) is 1. The van der Waals surface area contributed by atoms with E-state index in [1.165, 1.54) is 11.3 Å². The summed E-state index contributed by atoms with van der Waals surface area (Å²) >= 11 is 4.63. The highest BCUT2D eigenvalue weighted by atomic mass is 79.9. The van der Waals surface area contributed by atoms with E-state index in [-0.39, 0.29) is 24.9 Å². The van der Waals surface area contributed by atoms with Crippen molar-refractivity contribution in [1.82, 2.24) is 5.32 Å². The third-order valence-electron chi connectivity index (χ3n) is 5.53. The summed E-state index contributed by atoms with van der Waals surface area (Å²) in [6.07, 6.45) is -0.295. The highest BCUT2D eigenvalue weighted by Crippen LogP contribution is 2.54. The van der Waals surface area contributed by atoms with Crippen LogP contribution in [0, 0.1) is 17.8 Å². The average Bonchev–Trinajstić information content (AvgIpc) is 2.82. The van der Waals surface area contributed by atoms with Crippen LogP contribution in [0.25, 0.3) is 0 Å². The number of carbonyl (C=O) groups is 1. The highest BCUT2D eigenvalue weighted by molar-refractivity contribution is 9.11. The molecule has 1 saturated carbocycles. The zero-order valence-corrected chi connectivity index (χ0v) is 14.6. The number of alkyl halides is 2. The minimum absolute atomic E-state index is 0.0680. The first-order valence-electron chi connectivity index (χ1n) is 7.77. The lowest BCUT2D eigenvalue weighted by Gasteiger charge is -2.35. The monoisotopic (exact) mass is 404 g/mol. The molecular formula is C15H15BrF2N2O2S. The Bertz CT molecular complexity index is 700. The predicted molar refractivity (Wildman–Crippen MR) is 85.4 cm³/mol. The van der Waals surface area contributed by atoms with Crippen LogP contribution < -0.4 is 10.2 Å². The van der Waals surface area contributed by atoms with E-state index >= 15 is 0 Å². The molecule has 3 aliphatic heterocycles. The summed E-state index contributed by atoms with van der Waals surface area (Å²) in [5.41, 5.74) is 1.30. The number of hydrogen-bond donors (Lipinski definition) is 1. The summed E-state index contributed by atoms with van der Waals surface area (Å²) in [6, 6.07) is -0.0680. The van der Waals surface area contributed by atoms with Crippen molar-refractivity contribution in [1.29, 1.82) is 0 Å². The number of fused-ring (bicyclic) bond motifs is 1. The lowest BCUT2D eigenvalue weighted by Crippen LogP contribution is -2.49. The zero-order chi connectivity index (χ0) is 15.9. The second kappa shape index (κ2) is 4.67. The largest absolute Gasteiger partial charge is 0.381 e. The van der Waals surface area contributed by atoms with Gasteiger partial charge in [0.25, 0.3) is 11.8 Å². The van der Waals surface area contributed by atoms with E-state index in [2.05, 4.69) is 21.2 Å². The van der Waals surface area contributed by atoms with Crippen molar-refractivity contribution in [3.63, 3.8) is 0 Å². The van der Waals surface area contributed by atoms with Gasteiger partial charge in [0.2, 0.25) is 0 Å².